The zero-order valence-electron chi connectivity index (χ0n) is 11.3. The highest BCUT2D eigenvalue weighted by Gasteiger charge is 2.15. The average Bonchev–Trinajstić information content (AvgIpc) is 2.29. The minimum atomic E-state index is -0.557. The zero-order chi connectivity index (χ0) is 14.5. The highest BCUT2D eigenvalue weighted by molar-refractivity contribution is 5.73. The van der Waals surface area contributed by atoms with Crippen molar-refractivity contribution >= 4 is 12.4 Å². The molecule has 0 spiro atoms. The van der Waals surface area contributed by atoms with Crippen molar-refractivity contribution in [3.8, 4) is 0 Å². The second-order valence-corrected chi connectivity index (χ2v) is 5.04. The third-order valence-electron chi connectivity index (χ3n) is 2.16. The molecule has 0 saturated heterocycles. The van der Waals surface area contributed by atoms with Gasteiger partial charge >= 0.3 is 6.09 Å². The molecule has 0 aliphatic heterocycles. The lowest BCUT2D eigenvalue weighted by atomic mass is 10.2. The van der Waals surface area contributed by atoms with E-state index in [4.69, 9.17) is 4.74 Å². The number of aromatic nitrogens is 1. The number of hydrogen-bond donors (Lipinski definition) is 1. The third kappa shape index (κ3) is 5.37. The monoisotopic (exact) mass is 266 g/mol. The van der Waals surface area contributed by atoms with Gasteiger partial charge in [0.05, 0.1) is 0 Å². The van der Waals surface area contributed by atoms with E-state index in [-0.39, 0.29) is 18.6 Å². The molecule has 0 saturated carbocycles. The molecule has 0 radical (unpaired) electrons. The molecule has 19 heavy (non-hydrogen) atoms. The van der Waals surface area contributed by atoms with Crippen LogP contribution in [-0.2, 0) is 11.3 Å². The summed E-state index contributed by atoms with van der Waals surface area (Å²) in [5, 5.41) is 2.54. The molecule has 0 aliphatic carbocycles. The summed E-state index contributed by atoms with van der Waals surface area (Å²) in [4.78, 5) is 33.5. The van der Waals surface area contributed by atoms with E-state index < -0.39 is 11.7 Å². The maximum atomic E-state index is 11.5. The third-order valence-corrected chi connectivity index (χ3v) is 2.16. The van der Waals surface area contributed by atoms with Crippen LogP contribution in [0.4, 0.5) is 4.79 Å². The SMILES string of the molecule is CC(C)(C)OC(=O)NCCn1cc(C=O)ccc1=O. The van der Waals surface area contributed by atoms with E-state index in [1.807, 2.05) is 0 Å². The van der Waals surface area contributed by atoms with Crippen LogP contribution in [0.1, 0.15) is 31.1 Å². The number of alkyl carbamates (subject to hydrolysis) is 1. The van der Waals surface area contributed by atoms with Crippen molar-refractivity contribution in [1.29, 1.82) is 0 Å². The molecule has 6 nitrogen and oxygen atoms in total. The molecule has 1 aromatic rings. The Morgan fingerprint density at radius 2 is 2.11 bits per heavy atom. The molecule has 1 N–H and O–H groups in total. The van der Waals surface area contributed by atoms with Crippen molar-refractivity contribution in [1.82, 2.24) is 9.88 Å². The molecule has 1 heterocycles. The number of nitrogens with zero attached hydrogens (tertiary/aromatic N) is 1. The number of pyridine rings is 1. The average molecular weight is 266 g/mol. The van der Waals surface area contributed by atoms with Crippen LogP contribution in [0.5, 0.6) is 0 Å². The molecular formula is C13H18N2O4. The molecule has 0 bridgehead atoms. The highest BCUT2D eigenvalue weighted by atomic mass is 16.6. The van der Waals surface area contributed by atoms with Crippen LogP contribution in [-0.4, -0.2) is 29.1 Å². The van der Waals surface area contributed by atoms with E-state index in [2.05, 4.69) is 5.32 Å². The number of nitrogens with one attached hydrogen (secondary N) is 1. The Morgan fingerprint density at radius 3 is 2.68 bits per heavy atom. The number of ether oxygens (including phenoxy) is 1. The lowest BCUT2D eigenvalue weighted by Crippen LogP contribution is -2.35. The molecular weight excluding hydrogens is 248 g/mol. The molecule has 1 amide bonds. The van der Waals surface area contributed by atoms with Gasteiger partial charge in [0, 0.05) is 30.9 Å². The number of aldehydes is 1. The molecule has 0 unspecified atom stereocenters. The van der Waals surface area contributed by atoms with Gasteiger partial charge in [0.25, 0.3) is 5.56 Å². The first-order chi connectivity index (χ1) is 8.81. The second-order valence-electron chi connectivity index (χ2n) is 5.04. The maximum absolute atomic E-state index is 11.5. The van der Waals surface area contributed by atoms with Crippen LogP contribution in [0, 0.1) is 0 Å². The summed E-state index contributed by atoms with van der Waals surface area (Å²) in [6, 6.07) is 2.77. The topological polar surface area (TPSA) is 77.4 Å². The minimum absolute atomic E-state index is 0.225. The van der Waals surface area contributed by atoms with Gasteiger partial charge < -0.3 is 14.6 Å². The molecule has 6 heteroatoms. The van der Waals surface area contributed by atoms with Gasteiger partial charge in [-0.05, 0) is 26.8 Å². The van der Waals surface area contributed by atoms with Crippen LogP contribution >= 0.6 is 0 Å². The lowest BCUT2D eigenvalue weighted by Gasteiger charge is -2.19. The number of amides is 1. The summed E-state index contributed by atoms with van der Waals surface area (Å²) >= 11 is 0. The molecule has 0 atom stereocenters. The molecule has 0 fully saturated rings. The van der Waals surface area contributed by atoms with E-state index in [1.54, 1.807) is 20.8 Å². The zero-order valence-corrected chi connectivity index (χ0v) is 11.3. The Hall–Kier alpha value is -2.11. The Bertz CT molecular complexity index is 514. The van der Waals surface area contributed by atoms with Gasteiger partial charge in [0.1, 0.15) is 5.60 Å². The smallest absolute Gasteiger partial charge is 0.407 e. The molecule has 0 aliphatic rings. The highest BCUT2D eigenvalue weighted by Crippen LogP contribution is 2.06. The fourth-order valence-electron chi connectivity index (χ4n) is 1.39. The van der Waals surface area contributed by atoms with Gasteiger partial charge in [0.15, 0.2) is 6.29 Å². The number of rotatable bonds is 4. The van der Waals surface area contributed by atoms with Crippen molar-refractivity contribution in [2.75, 3.05) is 6.54 Å². The van der Waals surface area contributed by atoms with Gasteiger partial charge in [-0.15, -0.1) is 0 Å². The first kappa shape index (κ1) is 14.9. The van der Waals surface area contributed by atoms with Crippen LogP contribution in [0.2, 0.25) is 0 Å². The van der Waals surface area contributed by atoms with Gasteiger partial charge in [-0.2, -0.15) is 0 Å². The second kappa shape index (κ2) is 6.17. The summed E-state index contributed by atoms with van der Waals surface area (Å²) < 4.78 is 6.42. The van der Waals surface area contributed by atoms with Crippen LogP contribution in [0.25, 0.3) is 0 Å². The Balaban J connectivity index is 2.52. The Labute approximate surface area is 111 Å². The van der Waals surface area contributed by atoms with Crippen LogP contribution < -0.4 is 10.9 Å². The van der Waals surface area contributed by atoms with Gasteiger partial charge in [-0.1, -0.05) is 0 Å². The van der Waals surface area contributed by atoms with Gasteiger partial charge in [0.2, 0.25) is 0 Å². The molecule has 1 aromatic heterocycles. The summed E-state index contributed by atoms with van der Waals surface area (Å²) in [5.74, 6) is 0. The van der Waals surface area contributed by atoms with Crippen molar-refractivity contribution in [3.05, 3.63) is 34.2 Å². The van der Waals surface area contributed by atoms with E-state index >= 15 is 0 Å². The van der Waals surface area contributed by atoms with Crippen molar-refractivity contribution in [2.45, 2.75) is 32.9 Å². The van der Waals surface area contributed by atoms with Crippen molar-refractivity contribution < 1.29 is 14.3 Å². The summed E-state index contributed by atoms with van der Waals surface area (Å²) in [7, 11) is 0. The maximum Gasteiger partial charge on any atom is 0.407 e. The lowest BCUT2D eigenvalue weighted by molar-refractivity contribution is 0.0526. The largest absolute Gasteiger partial charge is 0.444 e. The van der Waals surface area contributed by atoms with Gasteiger partial charge in [-0.25, -0.2) is 4.79 Å². The Morgan fingerprint density at radius 1 is 1.42 bits per heavy atom. The Kier molecular flexibility index (Phi) is 4.86. The van der Waals surface area contributed by atoms with Gasteiger partial charge in [-0.3, -0.25) is 9.59 Å². The molecule has 1 rings (SSSR count). The quantitative estimate of drug-likeness (QED) is 0.830. The van der Waals surface area contributed by atoms with Crippen LogP contribution in [0.15, 0.2) is 23.1 Å². The first-order valence-corrected chi connectivity index (χ1v) is 5.94. The van der Waals surface area contributed by atoms with E-state index in [9.17, 15) is 14.4 Å². The fourth-order valence-corrected chi connectivity index (χ4v) is 1.39. The van der Waals surface area contributed by atoms with E-state index in [0.29, 0.717) is 11.8 Å². The normalized spacial score (nSPS) is 10.9. The summed E-state index contributed by atoms with van der Waals surface area (Å²) in [6.07, 6.45) is 1.58. The van der Waals surface area contributed by atoms with E-state index in [0.717, 1.165) is 0 Å². The molecule has 104 valence electrons. The molecule has 0 aromatic carbocycles. The summed E-state index contributed by atoms with van der Waals surface area (Å²) in [6.45, 7) is 5.83. The number of carbonyl (C=O) groups is 2. The van der Waals surface area contributed by atoms with Crippen molar-refractivity contribution in [3.63, 3.8) is 0 Å². The number of hydrogen-bond acceptors (Lipinski definition) is 4. The van der Waals surface area contributed by atoms with Crippen molar-refractivity contribution in [2.24, 2.45) is 0 Å². The van der Waals surface area contributed by atoms with E-state index in [1.165, 1.54) is 22.9 Å². The first-order valence-electron chi connectivity index (χ1n) is 5.94. The van der Waals surface area contributed by atoms with Crippen LogP contribution in [0.3, 0.4) is 0 Å². The standard InChI is InChI=1S/C13H18N2O4/c1-13(2,3)19-12(18)14-6-7-15-8-10(9-16)4-5-11(15)17/h4-5,8-9H,6-7H2,1-3H3,(H,14,18). The predicted molar refractivity (Wildman–Crippen MR) is 70.3 cm³/mol. The summed E-state index contributed by atoms with van der Waals surface area (Å²) in [5.41, 5.74) is -0.369. The number of carbonyl (C=O) groups excluding carboxylic acids is 2. The fraction of sp³-hybridized carbons (Fsp3) is 0.462. The minimum Gasteiger partial charge on any atom is -0.444 e. The predicted octanol–water partition coefficient (Wildman–Crippen LogP) is 1.19.